The maximum absolute atomic E-state index is 11.3. The molecule has 0 aliphatic carbocycles. The van der Waals surface area contributed by atoms with Crippen molar-refractivity contribution in [2.45, 2.75) is 39.5 Å². The Morgan fingerprint density at radius 2 is 1.89 bits per heavy atom. The summed E-state index contributed by atoms with van der Waals surface area (Å²) in [5.74, 6) is 0.788. The molecule has 5 heteroatoms. The second-order valence-corrected chi connectivity index (χ2v) is 8.10. The van der Waals surface area contributed by atoms with Gasteiger partial charge in [0.25, 0.3) is 0 Å². The van der Waals surface area contributed by atoms with Gasteiger partial charge in [-0.15, -0.1) is 0 Å². The molecule has 4 rings (SSSR count). The molecule has 0 spiro atoms. The Hall–Kier alpha value is -2.01. The normalized spacial score (nSPS) is 16.3. The first-order chi connectivity index (χ1) is 12.9. The summed E-state index contributed by atoms with van der Waals surface area (Å²) < 4.78 is 7.51. The van der Waals surface area contributed by atoms with Gasteiger partial charge in [-0.25, -0.2) is 0 Å². The van der Waals surface area contributed by atoms with Gasteiger partial charge >= 0.3 is 0 Å². The number of fused-ring (bicyclic) bond motifs is 3. The van der Waals surface area contributed by atoms with Crippen LogP contribution in [0.2, 0.25) is 5.02 Å². The molecule has 1 aliphatic rings. The van der Waals surface area contributed by atoms with Crippen molar-refractivity contribution in [1.29, 1.82) is 0 Å². The fourth-order valence-corrected chi connectivity index (χ4v) is 4.26. The molecule has 0 saturated heterocycles. The number of aliphatic hydroxyl groups is 1. The second kappa shape index (κ2) is 7.78. The fraction of sp³-hybridized carbons (Fsp3) is 0.391. The molecule has 1 N–H and O–H groups in total. The molecule has 3 aromatic rings. The van der Waals surface area contributed by atoms with Gasteiger partial charge in [0.2, 0.25) is 0 Å². The molecule has 150 valence electrons. The van der Waals surface area contributed by atoms with Gasteiger partial charge in [0.05, 0.1) is 13.7 Å². The van der Waals surface area contributed by atoms with Crippen molar-refractivity contribution in [3.05, 3.63) is 64.3 Å². The van der Waals surface area contributed by atoms with Crippen LogP contribution in [0.3, 0.4) is 0 Å². The molecule has 0 amide bonds. The minimum atomic E-state index is -0.991. The van der Waals surface area contributed by atoms with E-state index in [1.807, 2.05) is 43.3 Å². The molecule has 0 fully saturated rings. The van der Waals surface area contributed by atoms with Crippen molar-refractivity contribution >= 4 is 22.5 Å². The summed E-state index contributed by atoms with van der Waals surface area (Å²) in [7, 11) is 3.79. The molecular formula is C23H29ClN2O2. The Labute approximate surface area is 172 Å². The number of likely N-dealkylation sites (N-methyl/N-ethyl adjacent to an activating group) is 1. The van der Waals surface area contributed by atoms with Gasteiger partial charge in [-0.3, -0.25) is 0 Å². The number of benzene rings is 2. The zero-order valence-corrected chi connectivity index (χ0v) is 16.8. The zero-order valence-electron chi connectivity index (χ0n) is 16.0. The Balaban J connectivity index is 0.00000225. The minimum Gasteiger partial charge on any atom is -0.497 e. The highest BCUT2D eigenvalue weighted by molar-refractivity contribution is 6.31. The molecule has 1 aromatic heterocycles. The van der Waals surface area contributed by atoms with Crippen molar-refractivity contribution in [3.63, 3.8) is 0 Å². The van der Waals surface area contributed by atoms with Crippen LogP contribution in [0.1, 0.15) is 31.2 Å². The van der Waals surface area contributed by atoms with Crippen molar-refractivity contribution in [2.24, 2.45) is 0 Å². The van der Waals surface area contributed by atoms with Crippen LogP contribution < -0.4 is 4.74 Å². The molecule has 0 radical (unpaired) electrons. The van der Waals surface area contributed by atoms with Crippen molar-refractivity contribution in [2.75, 3.05) is 20.7 Å². The van der Waals surface area contributed by atoms with Crippen LogP contribution in [0.5, 0.6) is 5.75 Å². The molecule has 2 heterocycles. The first kappa shape index (κ1) is 20.7. The van der Waals surface area contributed by atoms with Gasteiger partial charge in [-0.1, -0.05) is 31.2 Å². The third-order valence-corrected chi connectivity index (χ3v) is 5.82. The first-order valence-corrected chi connectivity index (χ1v) is 9.62. The average molecular weight is 401 g/mol. The summed E-state index contributed by atoms with van der Waals surface area (Å²) in [4.78, 5) is 2.33. The topological polar surface area (TPSA) is 37.6 Å². The second-order valence-electron chi connectivity index (χ2n) is 7.66. The average Bonchev–Trinajstić information content (AvgIpc) is 2.94. The predicted octanol–water partition coefficient (Wildman–Crippen LogP) is 4.84. The van der Waals surface area contributed by atoms with E-state index in [2.05, 4.69) is 22.6 Å². The number of hydrogen-bond donors (Lipinski definition) is 1. The molecular weight excluding hydrogens is 372 g/mol. The van der Waals surface area contributed by atoms with Crippen LogP contribution >= 0.6 is 11.6 Å². The van der Waals surface area contributed by atoms with E-state index >= 15 is 0 Å². The summed E-state index contributed by atoms with van der Waals surface area (Å²) in [5.41, 5.74) is 3.65. The summed E-state index contributed by atoms with van der Waals surface area (Å²) in [6.45, 7) is 4.29. The summed E-state index contributed by atoms with van der Waals surface area (Å²) in [6, 6.07) is 13.7. The summed E-state index contributed by atoms with van der Waals surface area (Å²) in [5, 5.41) is 13.2. The van der Waals surface area contributed by atoms with Crippen LogP contribution in [0.4, 0.5) is 0 Å². The zero-order chi connectivity index (χ0) is 19.2. The maximum Gasteiger partial charge on any atom is 0.118 e. The Kier molecular flexibility index (Phi) is 5.76. The Morgan fingerprint density at radius 3 is 2.57 bits per heavy atom. The Morgan fingerprint density at radius 1 is 1.18 bits per heavy atom. The van der Waals surface area contributed by atoms with Gasteiger partial charge in [0, 0.05) is 41.1 Å². The highest BCUT2D eigenvalue weighted by Crippen LogP contribution is 2.35. The number of halogens is 1. The SMILES string of the molecule is C.COc1ccc(C(C)(O)Cn2c3c(c4cc(Cl)ccc42)CN(C)CC3)cc1. The molecule has 2 aromatic carbocycles. The van der Waals surface area contributed by atoms with Gasteiger partial charge in [-0.2, -0.15) is 0 Å². The summed E-state index contributed by atoms with van der Waals surface area (Å²) >= 11 is 6.28. The molecule has 0 bridgehead atoms. The Bertz CT molecular complexity index is 976. The standard InChI is InChI=1S/C22H25ClN2O2.CH4/c1-22(26,15-4-7-17(27-3)8-5-15)14-25-20-9-6-16(23)12-18(20)19-13-24(2)11-10-21(19)25;/h4-9,12,26H,10-11,13-14H2,1-3H3;1H4. The largest absolute Gasteiger partial charge is 0.497 e. The molecule has 28 heavy (non-hydrogen) atoms. The van der Waals surface area contributed by atoms with Crippen LogP contribution in [-0.2, 0) is 25.1 Å². The number of hydrogen-bond acceptors (Lipinski definition) is 3. The van der Waals surface area contributed by atoms with Gasteiger partial charge in [0.15, 0.2) is 0 Å². The third kappa shape index (κ3) is 3.64. The van der Waals surface area contributed by atoms with E-state index in [1.54, 1.807) is 7.11 Å². The number of nitrogens with zero attached hydrogens (tertiary/aromatic N) is 2. The molecule has 1 unspecified atom stereocenters. The molecule has 0 saturated carbocycles. The first-order valence-electron chi connectivity index (χ1n) is 9.24. The third-order valence-electron chi connectivity index (χ3n) is 5.58. The van der Waals surface area contributed by atoms with Crippen LogP contribution in [0, 0.1) is 0 Å². The van der Waals surface area contributed by atoms with Gasteiger partial charge in [0.1, 0.15) is 11.4 Å². The minimum absolute atomic E-state index is 0. The van der Waals surface area contributed by atoms with Crippen LogP contribution in [0.25, 0.3) is 10.9 Å². The quantitative estimate of drug-likeness (QED) is 0.681. The number of rotatable bonds is 4. The van der Waals surface area contributed by atoms with Crippen molar-refractivity contribution in [1.82, 2.24) is 9.47 Å². The lowest BCUT2D eigenvalue weighted by atomic mass is 9.95. The van der Waals surface area contributed by atoms with Crippen molar-refractivity contribution in [3.8, 4) is 5.75 Å². The van der Waals surface area contributed by atoms with Gasteiger partial charge in [-0.05, 0) is 55.4 Å². The van der Waals surface area contributed by atoms with E-state index in [4.69, 9.17) is 16.3 Å². The molecule has 1 aliphatic heterocycles. The van der Waals surface area contributed by atoms with Gasteiger partial charge < -0.3 is 19.3 Å². The smallest absolute Gasteiger partial charge is 0.118 e. The maximum atomic E-state index is 11.3. The molecule has 4 nitrogen and oxygen atoms in total. The molecule has 1 atom stereocenters. The van der Waals surface area contributed by atoms with E-state index in [0.717, 1.165) is 41.4 Å². The monoisotopic (exact) mass is 400 g/mol. The van der Waals surface area contributed by atoms with Crippen LogP contribution in [0.15, 0.2) is 42.5 Å². The van der Waals surface area contributed by atoms with E-state index in [0.29, 0.717) is 6.54 Å². The van der Waals surface area contributed by atoms with E-state index < -0.39 is 5.60 Å². The predicted molar refractivity (Wildman–Crippen MR) is 116 cm³/mol. The highest BCUT2D eigenvalue weighted by atomic mass is 35.5. The lowest BCUT2D eigenvalue weighted by Gasteiger charge is -2.29. The van der Waals surface area contributed by atoms with E-state index in [9.17, 15) is 5.11 Å². The summed E-state index contributed by atoms with van der Waals surface area (Å²) in [6.07, 6.45) is 0.969. The van der Waals surface area contributed by atoms with E-state index in [1.165, 1.54) is 16.6 Å². The van der Waals surface area contributed by atoms with Crippen LogP contribution in [-0.4, -0.2) is 35.3 Å². The fourth-order valence-electron chi connectivity index (χ4n) is 4.09. The number of ether oxygens (including phenoxy) is 1. The number of aromatic nitrogens is 1. The lowest BCUT2D eigenvalue weighted by Crippen LogP contribution is -2.31. The lowest BCUT2D eigenvalue weighted by molar-refractivity contribution is 0.0384. The van der Waals surface area contributed by atoms with E-state index in [-0.39, 0.29) is 7.43 Å². The van der Waals surface area contributed by atoms with Crippen molar-refractivity contribution < 1.29 is 9.84 Å². The highest BCUT2D eigenvalue weighted by Gasteiger charge is 2.29. The number of methoxy groups -OCH3 is 1.